The largest absolute Gasteiger partial charge is 0.458 e. The van der Waals surface area contributed by atoms with Gasteiger partial charge in [0.1, 0.15) is 12.2 Å². The fraction of sp³-hybridized carbons (Fsp3) is 0.765. The second-order valence-corrected chi connectivity index (χ2v) is 14.0. The van der Waals surface area contributed by atoms with Crippen molar-refractivity contribution in [2.75, 3.05) is 0 Å². The summed E-state index contributed by atoms with van der Waals surface area (Å²) in [6.07, 6.45) is 15.5. The summed E-state index contributed by atoms with van der Waals surface area (Å²) in [5.41, 5.74) is 25.6. The maximum absolute atomic E-state index is 13.4. The van der Waals surface area contributed by atoms with Gasteiger partial charge in [0.15, 0.2) is 0 Å². The summed E-state index contributed by atoms with van der Waals surface area (Å²) in [7, 11) is 0. The van der Waals surface area contributed by atoms with Crippen LogP contribution in [0.15, 0.2) is 24.3 Å². The lowest BCUT2D eigenvalue weighted by Crippen LogP contribution is -2.41. The maximum atomic E-state index is 13.4. The summed E-state index contributed by atoms with van der Waals surface area (Å²) in [6, 6.07) is 7.81. The SMILES string of the molecule is NC1CCC(C(OC(=O)c2ccc(C(=O)OC(C3CCC(N)CC3)C3CCC(N)CC3)cc2)C2CCC(N)CC2)CC1. The number of hydrogen-bond acceptors (Lipinski definition) is 8. The van der Waals surface area contributed by atoms with Crippen LogP contribution in [0.2, 0.25) is 0 Å². The molecule has 0 atom stereocenters. The van der Waals surface area contributed by atoms with E-state index in [0.717, 1.165) is 103 Å². The third kappa shape index (κ3) is 8.13. The molecule has 4 aliphatic rings. The van der Waals surface area contributed by atoms with E-state index in [1.807, 2.05) is 0 Å². The first kappa shape index (κ1) is 31.4. The third-order valence-electron chi connectivity index (χ3n) is 11.0. The molecule has 234 valence electrons. The molecule has 1 aromatic carbocycles. The number of nitrogens with two attached hydrogens (primary N) is 4. The smallest absolute Gasteiger partial charge is 0.338 e. The summed E-state index contributed by atoms with van der Waals surface area (Å²) in [6.45, 7) is 0. The average molecular weight is 583 g/mol. The van der Waals surface area contributed by atoms with Crippen LogP contribution in [0.5, 0.6) is 0 Å². The number of carbonyl (C=O) groups excluding carboxylic acids is 2. The van der Waals surface area contributed by atoms with Crippen LogP contribution < -0.4 is 22.9 Å². The van der Waals surface area contributed by atoms with Crippen LogP contribution in [0, 0.1) is 23.7 Å². The third-order valence-corrected chi connectivity index (χ3v) is 11.0. The van der Waals surface area contributed by atoms with Crippen molar-refractivity contribution in [2.24, 2.45) is 46.6 Å². The quantitative estimate of drug-likeness (QED) is 0.318. The van der Waals surface area contributed by atoms with Gasteiger partial charge in [-0.15, -0.1) is 0 Å². The van der Waals surface area contributed by atoms with Crippen LogP contribution in [-0.2, 0) is 9.47 Å². The summed E-state index contributed by atoms with van der Waals surface area (Å²) in [5, 5.41) is 0. The van der Waals surface area contributed by atoms with E-state index in [4.69, 9.17) is 32.4 Å². The Morgan fingerprint density at radius 2 is 0.667 bits per heavy atom. The van der Waals surface area contributed by atoms with Crippen LogP contribution in [0.1, 0.15) is 123 Å². The first-order valence-electron chi connectivity index (χ1n) is 16.8. The van der Waals surface area contributed by atoms with Gasteiger partial charge in [-0.3, -0.25) is 0 Å². The molecule has 5 rings (SSSR count). The number of esters is 2. The van der Waals surface area contributed by atoms with E-state index in [-0.39, 0.29) is 48.3 Å². The molecule has 4 fully saturated rings. The number of benzene rings is 1. The van der Waals surface area contributed by atoms with Crippen LogP contribution in [-0.4, -0.2) is 48.3 Å². The Kier molecular flexibility index (Phi) is 11.0. The van der Waals surface area contributed by atoms with Crippen molar-refractivity contribution in [3.05, 3.63) is 35.4 Å². The highest BCUT2D eigenvalue weighted by Gasteiger charge is 2.38. The zero-order chi connectivity index (χ0) is 29.6. The van der Waals surface area contributed by atoms with Gasteiger partial charge in [-0.05, 0) is 151 Å². The molecule has 0 aliphatic heterocycles. The number of carbonyl (C=O) groups is 2. The second-order valence-electron chi connectivity index (χ2n) is 14.0. The molecule has 0 amide bonds. The monoisotopic (exact) mass is 582 g/mol. The van der Waals surface area contributed by atoms with Crippen LogP contribution >= 0.6 is 0 Å². The molecule has 0 unspecified atom stereocenters. The molecule has 8 N–H and O–H groups in total. The molecule has 0 bridgehead atoms. The highest BCUT2D eigenvalue weighted by Crippen LogP contribution is 2.39. The van der Waals surface area contributed by atoms with Gasteiger partial charge in [-0.25, -0.2) is 9.59 Å². The standard InChI is InChI=1S/C34H54N4O4/c35-27-13-5-21(6-14-27)31(22-7-15-28(36)16-8-22)41-33(39)25-1-2-26(4-3-25)34(40)42-32(23-9-17-29(37)18-10-23)24-11-19-30(38)20-12-24/h1-4,21-24,27-32H,5-20,35-38H2. The van der Waals surface area contributed by atoms with Gasteiger partial charge >= 0.3 is 11.9 Å². The Hall–Kier alpha value is -2.00. The highest BCUT2D eigenvalue weighted by molar-refractivity contribution is 5.93. The molecular weight excluding hydrogens is 528 g/mol. The van der Waals surface area contributed by atoms with Crippen molar-refractivity contribution in [1.82, 2.24) is 0 Å². The lowest BCUT2D eigenvalue weighted by atomic mass is 9.73. The van der Waals surface area contributed by atoms with Gasteiger partial charge in [0, 0.05) is 24.2 Å². The molecule has 4 saturated carbocycles. The van der Waals surface area contributed by atoms with Crippen molar-refractivity contribution in [3.8, 4) is 0 Å². The average Bonchev–Trinajstić information content (AvgIpc) is 3.00. The highest BCUT2D eigenvalue weighted by atomic mass is 16.5. The predicted octanol–water partition coefficient (Wildman–Crippen LogP) is 4.81. The summed E-state index contributed by atoms with van der Waals surface area (Å²) in [5.74, 6) is 0.705. The van der Waals surface area contributed by atoms with E-state index in [1.165, 1.54) is 0 Å². The Morgan fingerprint density at radius 3 is 0.881 bits per heavy atom. The number of rotatable bonds is 8. The summed E-state index contributed by atoms with van der Waals surface area (Å²) in [4.78, 5) is 26.8. The molecule has 4 aliphatic carbocycles. The normalized spacial score (nSPS) is 35.5. The first-order chi connectivity index (χ1) is 20.3. The molecule has 0 spiro atoms. The van der Waals surface area contributed by atoms with Gasteiger partial charge in [-0.2, -0.15) is 0 Å². The lowest BCUT2D eigenvalue weighted by Gasteiger charge is -2.39. The molecule has 0 heterocycles. The van der Waals surface area contributed by atoms with Crippen molar-refractivity contribution in [3.63, 3.8) is 0 Å². The van der Waals surface area contributed by atoms with Crippen LogP contribution in [0.25, 0.3) is 0 Å². The summed E-state index contributed by atoms with van der Waals surface area (Å²) >= 11 is 0. The Morgan fingerprint density at radius 1 is 0.452 bits per heavy atom. The van der Waals surface area contributed by atoms with Crippen molar-refractivity contribution >= 4 is 11.9 Å². The minimum Gasteiger partial charge on any atom is -0.458 e. The van der Waals surface area contributed by atoms with E-state index < -0.39 is 0 Å². The second kappa shape index (κ2) is 14.7. The molecular formula is C34H54N4O4. The fourth-order valence-electron chi connectivity index (χ4n) is 8.17. The molecule has 0 aromatic heterocycles. The van der Waals surface area contributed by atoms with Gasteiger partial charge in [0.05, 0.1) is 11.1 Å². The maximum Gasteiger partial charge on any atom is 0.338 e. The van der Waals surface area contributed by atoms with Crippen LogP contribution in [0.3, 0.4) is 0 Å². The van der Waals surface area contributed by atoms with Gasteiger partial charge in [0.2, 0.25) is 0 Å². The van der Waals surface area contributed by atoms with Crippen LogP contribution in [0.4, 0.5) is 0 Å². The van der Waals surface area contributed by atoms with E-state index in [9.17, 15) is 9.59 Å². The Labute approximate surface area is 252 Å². The Bertz CT molecular complexity index is 878. The molecule has 8 nitrogen and oxygen atoms in total. The van der Waals surface area contributed by atoms with Gasteiger partial charge in [-0.1, -0.05) is 0 Å². The van der Waals surface area contributed by atoms with Crippen molar-refractivity contribution in [2.45, 2.75) is 139 Å². The molecule has 1 aromatic rings. The van der Waals surface area contributed by atoms with Crippen molar-refractivity contribution in [1.29, 1.82) is 0 Å². The first-order valence-corrected chi connectivity index (χ1v) is 16.8. The minimum absolute atomic E-state index is 0.116. The number of ether oxygens (including phenoxy) is 2. The van der Waals surface area contributed by atoms with E-state index >= 15 is 0 Å². The molecule has 0 radical (unpaired) electrons. The molecule has 42 heavy (non-hydrogen) atoms. The van der Waals surface area contributed by atoms with Gasteiger partial charge < -0.3 is 32.4 Å². The zero-order valence-corrected chi connectivity index (χ0v) is 25.3. The van der Waals surface area contributed by atoms with E-state index in [2.05, 4.69) is 0 Å². The number of hydrogen-bond donors (Lipinski definition) is 4. The summed E-state index contributed by atoms with van der Waals surface area (Å²) < 4.78 is 12.5. The Balaban J connectivity index is 1.23. The van der Waals surface area contributed by atoms with Gasteiger partial charge in [0.25, 0.3) is 0 Å². The lowest BCUT2D eigenvalue weighted by molar-refractivity contribution is -0.0259. The molecule has 8 heteroatoms. The topological polar surface area (TPSA) is 157 Å². The fourth-order valence-corrected chi connectivity index (χ4v) is 8.17. The predicted molar refractivity (Wildman–Crippen MR) is 165 cm³/mol. The van der Waals surface area contributed by atoms with Crippen molar-refractivity contribution < 1.29 is 19.1 Å². The van der Waals surface area contributed by atoms with E-state index in [1.54, 1.807) is 24.3 Å². The minimum atomic E-state index is -0.320. The zero-order valence-electron chi connectivity index (χ0n) is 25.3. The van der Waals surface area contributed by atoms with E-state index in [0.29, 0.717) is 34.8 Å². The molecule has 0 saturated heterocycles.